The van der Waals surface area contributed by atoms with E-state index in [1.807, 2.05) is 0 Å². The average molecular weight is 420 g/mol. The molecule has 3 heterocycles. The molecule has 1 aromatic rings. The van der Waals surface area contributed by atoms with Crippen molar-refractivity contribution in [1.82, 2.24) is 9.21 Å². The number of ether oxygens (including phenoxy) is 1. The Morgan fingerprint density at radius 2 is 1.72 bits per heavy atom. The molecule has 4 rings (SSSR count). The van der Waals surface area contributed by atoms with Crippen LogP contribution in [0.3, 0.4) is 0 Å². The summed E-state index contributed by atoms with van der Waals surface area (Å²) >= 11 is 0. The lowest BCUT2D eigenvalue weighted by Gasteiger charge is -2.37. The van der Waals surface area contributed by atoms with E-state index in [-0.39, 0.29) is 11.5 Å². The molecule has 0 saturated carbocycles. The lowest BCUT2D eigenvalue weighted by atomic mass is 9.75. The molecule has 0 aliphatic carbocycles. The number of rotatable bonds is 5. The fraction of sp³-hybridized carbons (Fsp3) is 0.636. The molecule has 3 saturated heterocycles. The van der Waals surface area contributed by atoms with Crippen molar-refractivity contribution >= 4 is 15.7 Å². The molecule has 0 bridgehead atoms. The number of benzene rings is 1. The van der Waals surface area contributed by atoms with Crippen LogP contribution in [0, 0.1) is 5.41 Å². The fourth-order valence-corrected chi connectivity index (χ4v) is 5.85. The molecule has 1 atom stereocenters. The summed E-state index contributed by atoms with van der Waals surface area (Å²) in [5, 5.41) is 0. The summed E-state index contributed by atoms with van der Waals surface area (Å²) in [4.78, 5) is 4.98. The molecular weight excluding hydrogens is 386 g/mol. The molecule has 0 amide bonds. The van der Waals surface area contributed by atoms with E-state index in [1.54, 1.807) is 4.31 Å². The minimum absolute atomic E-state index is 0.0299. The van der Waals surface area contributed by atoms with Crippen LogP contribution in [0.2, 0.25) is 0 Å². The molecule has 3 aliphatic heterocycles. The first-order valence-corrected chi connectivity index (χ1v) is 12.5. The summed E-state index contributed by atoms with van der Waals surface area (Å²) in [6, 6.07) is 10.6. The Morgan fingerprint density at radius 1 is 1.07 bits per heavy atom. The number of hydrogen-bond donors (Lipinski definition) is 0. The van der Waals surface area contributed by atoms with Crippen molar-refractivity contribution in [2.24, 2.45) is 5.41 Å². The first kappa shape index (κ1) is 20.7. The number of anilines is 1. The Balaban J connectivity index is 1.23. The maximum atomic E-state index is 11.8. The van der Waals surface area contributed by atoms with Gasteiger partial charge in [0, 0.05) is 56.9 Å². The van der Waals surface area contributed by atoms with Gasteiger partial charge in [0.15, 0.2) is 0 Å². The van der Waals surface area contributed by atoms with Gasteiger partial charge in [0.1, 0.15) is 6.10 Å². The molecule has 1 spiro atoms. The first-order valence-electron chi connectivity index (χ1n) is 10.7. The molecule has 0 unspecified atom stereocenters. The number of sulfonamides is 1. The molecule has 29 heavy (non-hydrogen) atoms. The van der Waals surface area contributed by atoms with Crippen LogP contribution in [0.25, 0.3) is 0 Å². The Morgan fingerprint density at radius 3 is 2.34 bits per heavy atom. The largest absolute Gasteiger partial charge is 0.495 e. The molecule has 160 valence electrons. The van der Waals surface area contributed by atoms with Crippen LogP contribution >= 0.6 is 0 Å². The van der Waals surface area contributed by atoms with E-state index >= 15 is 0 Å². The lowest BCUT2D eigenvalue weighted by molar-refractivity contribution is 0.128. The zero-order chi connectivity index (χ0) is 20.5. The maximum absolute atomic E-state index is 11.8. The Labute approximate surface area is 175 Å². The van der Waals surface area contributed by atoms with Crippen molar-refractivity contribution in [1.29, 1.82) is 0 Å². The minimum atomic E-state index is -3.10. The van der Waals surface area contributed by atoms with E-state index in [4.69, 9.17) is 4.74 Å². The quantitative estimate of drug-likeness (QED) is 0.734. The van der Waals surface area contributed by atoms with E-state index in [0.29, 0.717) is 13.1 Å². The third-order valence-electron chi connectivity index (χ3n) is 6.93. The van der Waals surface area contributed by atoms with Gasteiger partial charge in [-0.15, -0.1) is 0 Å². The smallest absolute Gasteiger partial charge is 0.211 e. The van der Waals surface area contributed by atoms with E-state index in [9.17, 15) is 8.42 Å². The third-order valence-corrected chi connectivity index (χ3v) is 8.23. The molecule has 7 heteroatoms. The van der Waals surface area contributed by atoms with Gasteiger partial charge in [0.05, 0.1) is 12.0 Å². The van der Waals surface area contributed by atoms with E-state index in [0.717, 1.165) is 64.2 Å². The first-order chi connectivity index (χ1) is 13.9. The van der Waals surface area contributed by atoms with E-state index < -0.39 is 10.0 Å². The van der Waals surface area contributed by atoms with Gasteiger partial charge in [-0.1, -0.05) is 24.8 Å². The van der Waals surface area contributed by atoms with Crippen LogP contribution in [-0.2, 0) is 14.8 Å². The van der Waals surface area contributed by atoms with Gasteiger partial charge in [-0.05, 0) is 37.8 Å². The number of nitrogens with zero attached hydrogens (tertiary/aromatic N) is 3. The van der Waals surface area contributed by atoms with E-state index in [1.165, 1.54) is 11.9 Å². The predicted molar refractivity (Wildman–Crippen MR) is 116 cm³/mol. The van der Waals surface area contributed by atoms with Crippen LogP contribution in [0.4, 0.5) is 5.69 Å². The summed E-state index contributed by atoms with van der Waals surface area (Å²) in [7, 11) is -3.10. The van der Waals surface area contributed by atoms with Gasteiger partial charge in [-0.25, -0.2) is 12.7 Å². The lowest BCUT2D eigenvalue weighted by Crippen LogP contribution is -2.47. The summed E-state index contributed by atoms with van der Waals surface area (Å²) < 4.78 is 31.3. The van der Waals surface area contributed by atoms with Crippen molar-refractivity contribution < 1.29 is 13.2 Å². The number of hydrogen-bond acceptors (Lipinski definition) is 5. The highest BCUT2D eigenvalue weighted by Gasteiger charge is 2.47. The molecule has 3 aliphatic rings. The molecule has 1 aromatic carbocycles. The predicted octanol–water partition coefficient (Wildman–Crippen LogP) is 2.54. The topological polar surface area (TPSA) is 53.1 Å². The SMILES string of the molecule is C=C1O[C@@H](CCN2CCN(c3ccccc3)CC2)CC12CCN(S(C)(=O)=O)CC2. The van der Waals surface area contributed by atoms with Crippen molar-refractivity contribution in [3.8, 4) is 0 Å². The molecule has 6 nitrogen and oxygen atoms in total. The molecule has 0 N–H and O–H groups in total. The van der Waals surface area contributed by atoms with E-state index in [2.05, 4.69) is 46.7 Å². The molecule has 0 radical (unpaired) electrons. The molecule has 0 aromatic heterocycles. The van der Waals surface area contributed by atoms with Crippen LogP contribution in [-0.4, -0.2) is 75.8 Å². The van der Waals surface area contributed by atoms with Crippen molar-refractivity contribution in [3.63, 3.8) is 0 Å². The monoisotopic (exact) mass is 419 g/mol. The van der Waals surface area contributed by atoms with Crippen molar-refractivity contribution in [3.05, 3.63) is 42.7 Å². The van der Waals surface area contributed by atoms with Crippen LogP contribution in [0.15, 0.2) is 42.7 Å². The van der Waals surface area contributed by atoms with Crippen LogP contribution < -0.4 is 4.90 Å². The third kappa shape index (κ3) is 4.62. The highest BCUT2D eigenvalue weighted by atomic mass is 32.2. The zero-order valence-electron chi connectivity index (χ0n) is 17.4. The average Bonchev–Trinajstić information content (AvgIpc) is 3.02. The standard InChI is InChI=1S/C22H33N3O3S/c1-19-22(9-12-25(13-10-22)29(2,26)27)18-21(28-19)8-11-23-14-16-24(17-15-23)20-6-4-3-5-7-20/h3-7,21H,1,8-18H2,2H3/t21-/m0/s1. The van der Waals surface area contributed by atoms with Crippen molar-refractivity contribution in [2.45, 2.75) is 31.8 Å². The Kier molecular flexibility index (Phi) is 5.91. The van der Waals surface area contributed by atoms with Gasteiger partial charge in [-0.3, -0.25) is 4.90 Å². The summed E-state index contributed by atoms with van der Waals surface area (Å²) in [6.07, 6.45) is 5.15. The summed E-state index contributed by atoms with van der Waals surface area (Å²) in [6.45, 7) is 10.7. The molecular formula is C22H33N3O3S. The highest BCUT2D eigenvalue weighted by Crippen LogP contribution is 2.49. The van der Waals surface area contributed by atoms with Crippen LogP contribution in [0.1, 0.15) is 25.7 Å². The second-order valence-corrected chi connectivity index (χ2v) is 10.7. The minimum Gasteiger partial charge on any atom is -0.495 e. The van der Waals surface area contributed by atoms with Gasteiger partial charge >= 0.3 is 0 Å². The van der Waals surface area contributed by atoms with Gasteiger partial charge < -0.3 is 9.64 Å². The fourth-order valence-electron chi connectivity index (χ4n) is 5.00. The van der Waals surface area contributed by atoms with Gasteiger partial charge in [0.25, 0.3) is 0 Å². The van der Waals surface area contributed by atoms with Gasteiger partial charge in [0.2, 0.25) is 10.0 Å². The Bertz CT molecular complexity index is 811. The number of piperazine rings is 1. The maximum Gasteiger partial charge on any atom is 0.211 e. The second kappa shape index (κ2) is 8.28. The number of para-hydroxylation sites is 1. The Hall–Kier alpha value is -1.57. The van der Waals surface area contributed by atoms with Gasteiger partial charge in [-0.2, -0.15) is 0 Å². The normalized spacial score (nSPS) is 26.0. The highest BCUT2D eigenvalue weighted by molar-refractivity contribution is 7.88. The van der Waals surface area contributed by atoms with Crippen LogP contribution in [0.5, 0.6) is 0 Å². The summed E-state index contributed by atoms with van der Waals surface area (Å²) in [5.74, 6) is 0.879. The summed E-state index contributed by atoms with van der Waals surface area (Å²) in [5.41, 5.74) is 1.28. The number of piperidine rings is 1. The zero-order valence-corrected chi connectivity index (χ0v) is 18.2. The second-order valence-electron chi connectivity index (χ2n) is 8.76. The molecule has 3 fully saturated rings. The number of allylic oxidation sites excluding steroid dienone is 1. The van der Waals surface area contributed by atoms with Crippen molar-refractivity contribution in [2.75, 3.05) is 57.0 Å².